The lowest BCUT2D eigenvalue weighted by molar-refractivity contribution is -0.138. The third-order valence-corrected chi connectivity index (χ3v) is 13.7. The molecule has 0 spiro atoms. The van der Waals surface area contributed by atoms with E-state index in [0.29, 0.717) is 118 Å². The van der Waals surface area contributed by atoms with Crippen LogP contribution in [0.2, 0.25) is 0 Å². The Morgan fingerprint density at radius 1 is 0.221 bits per heavy atom. The van der Waals surface area contributed by atoms with Crippen LogP contribution >= 0.6 is 0 Å². The summed E-state index contributed by atoms with van der Waals surface area (Å²) in [5.41, 5.74) is -0.948. The van der Waals surface area contributed by atoms with Crippen LogP contribution in [0.15, 0.2) is 0 Å². The van der Waals surface area contributed by atoms with Gasteiger partial charge in [0, 0.05) is 97.1 Å². The highest BCUT2D eigenvalue weighted by Gasteiger charge is 2.34. The second-order valence-electron chi connectivity index (χ2n) is 22.5. The smallest absolute Gasteiger partial charge is 0.303 e. The Hall–Kier alpha value is -5.38. The van der Waals surface area contributed by atoms with Crippen LogP contribution < -0.4 is 31.9 Å². The Morgan fingerprint density at radius 2 is 0.400 bits per heavy atom. The Labute approximate surface area is 563 Å². The molecule has 0 aromatic heterocycles. The summed E-state index contributed by atoms with van der Waals surface area (Å²) >= 11 is 0. The Balaban J connectivity index is 4.43. The fraction of sp³-hybridized carbons (Fsp3) is 0.846. The number of ether oxygens (including phenoxy) is 12. The van der Waals surface area contributed by atoms with Gasteiger partial charge in [-0.1, -0.05) is 57.8 Å². The number of carbonyl (C=O) groups excluding carboxylic acids is 6. The normalized spacial score (nSPS) is 11.3. The third-order valence-electron chi connectivity index (χ3n) is 13.7. The standard InChI is InChI=1S/C65H118N6O24/c1-65(53-93-35-23-59(75)69-29-38-87-44-50-90-47-41-84-32-20-56(72)66-26-14-8-2-5-11-17-62(78)79,54-94-36-24-60(76)70-30-39-88-45-51-91-48-42-85-33-21-57(73)67-27-15-9-3-6-12-18-63(80)81)55-95-37-25-61(77)71-31-40-89-46-52-92-49-43-86-34-22-58(74)68-28-16-10-4-7-13-19-64(82)83/h1-55H2,(H8-,66,67,68,69,70,71,72,73,74,75,76,77,78,79,80,81,82,83)/p+1. The molecular formula is C65H119N6O24+. The molecule has 30 nitrogen and oxygen atoms in total. The predicted molar refractivity (Wildman–Crippen MR) is 349 cm³/mol. The van der Waals surface area contributed by atoms with E-state index < -0.39 is 23.3 Å². The average molecular weight is 1370 g/mol. The van der Waals surface area contributed by atoms with E-state index in [9.17, 15) is 43.2 Å². The molecule has 0 aliphatic heterocycles. The van der Waals surface area contributed by atoms with Gasteiger partial charge in [-0.25, -0.2) is 0 Å². The topological polar surface area (TPSA) is 397 Å². The van der Waals surface area contributed by atoms with Crippen molar-refractivity contribution in [1.82, 2.24) is 31.9 Å². The second kappa shape index (κ2) is 68.6. The van der Waals surface area contributed by atoms with Crippen molar-refractivity contribution in [3.63, 3.8) is 0 Å². The van der Waals surface area contributed by atoms with Crippen molar-refractivity contribution in [2.75, 3.05) is 198 Å². The lowest BCUT2D eigenvalue weighted by atomic mass is 9.94. The Morgan fingerprint density at radius 3 is 0.632 bits per heavy atom. The average Bonchev–Trinajstić information content (AvgIpc) is 1.53. The molecule has 0 saturated carbocycles. The van der Waals surface area contributed by atoms with Crippen LogP contribution in [0.25, 0.3) is 0 Å². The van der Waals surface area contributed by atoms with E-state index in [0.717, 1.165) is 77.0 Å². The van der Waals surface area contributed by atoms with Gasteiger partial charge >= 0.3 is 17.9 Å². The van der Waals surface area contributed by atoms with Gasteiger partial charge in [0.1, 0.15) is 0 Å². The van der Waals surface area contributed by atoms with Crippen LogP contribution in [0.5, 0.6) is 0 Å². The van der Waals surface area contributed by atoms with E-state index >= 15 is 0 Å². The highest BCUT2D eigenvalue weighted by Crippen LogP contribution is 2.19. The van der Waals surface area contributed by atoms with Gasteiger partial charge in [-0.2, -0.15) is 0 Å². The molecule has 0 fully saturated rings. The number of hydrogen-bond acceptors (Lipinski definition) is 21. The first-order valence-corrected chi connectivity index (χ1v) is 34.2. The van der Waals surface area contributed by atoms with E-state index in [1.807, 2.05) is 0 Å². The number of carboxylic acids is 3. The summed E-state index contributed by atoms with van der Waals surface area (Å²) in [7, 11) is 0. The number of unbranched alkanes of at least 4 members (excludes halogenated alkanes) is 12. The molecule has 0 atom stereocenters. The van der Waals surface area contributed by atoms with Gasteiger partial charge in [-0.15, -0.1) is 0 Å². The Kier molecular flexibility index (Phi) is 64.7. The van der Waals surface area contributed by atoms with Crippen molar-refractivity contribution in [3.8, 4) is 0 Å². The van der Waals surface area contributed by atoms with Crippen molar-refractivity contribution < 1.29 is 115 Å². The molecule has 9 N–H and O–H groups in total. The first kappa shape index (κ1) is 89.6. The lowest BCUT2D eigenvalue weighted by Gasteiger charge is -2.23. The molecule has 0 aromatic rings. The maximum Gasteiger partial charge on any atom is 0.303 e. The minimum atomic E-state index is -0.948. The zero-order valence-electron chi connectivity index (χ0n) is 56.8. The highest BCUT2D eigenvalue weighted by molar-refractivity contribution is 5.77. The van der Waals surface area contributed by atoms with Crippen molar-refractivity contribution >= 4 is 53.4 Å². The van der Waals surface area contributed by atoms with Gasteiger partial charge in [-0.05, 0) is 38.5 Å². The predicted octanol–water partition coefficient (Wildman–Crippen LogP) is 3.32. The van der Waals surface area contributed by atoms with E-state index in [-0.39, 0.29) is 192 Å². The highest BCUT2D eigenvalue weighted by atomic mass is 16.6. The molecule has 0 bridgehead atoms. The van der Waals surface area contributed by atoms with Crippen LogP contribution in [-0.4, -0.2) is 267 Å². The summed E-state index contributed by atoms with van der Waals surface area (Å²) in [5, 5.41) is 43.0. The summed E-state index contributed by atoms with van der Waals surface area (Å²) < 4.78 is 67.1. The molecule has 30 heteroatoms. The van der Waals surface area contributed by atoms with Gasteiger partial charge in [-0.3, -0.25) is 43.2 Å². The number of carbonyl (C=O) groups is 9. The zero-order chi connectivity index (χ0) is 69.6. The van der Waals surface area contributed by atoms with Gasteiger partial charge < -0.3 is 104 Å². The fourth-order valence-electron chi connectivity index (χ4n) is 8.40. The summed E-state index contributed by atoms with van der Waals surface area (Å²) in [4.78, 5) is 105. The minimum Gasteiger partial charge on any atom is -0.481 e. The van der Waals surface area contributed by atoms with Crippen LogP contribution in [0.3, 0.4) is 0 Å². The number of hydrogen-bond donors (Lipinski definition) is 9. The molecule has 0 unspecified atom stereocenters. The maximum absolute atomic E-state index is 12.5. The zero-order valence-corrected chi connectivity index (χ0v) is 56.8. The van der Waals surface area contributed by atoms with E-state index in [4.69, 9.17) is 72.2 Å². The molecule has 0 radical (unpaired) electrons. The van der Waals surface area contributed by atoms with Crippen molar-refractivity contribution in [3.05, 3.63) is 6.92 Å². The van der Waals surface area contributed by atoms with Gasteiger partial charge in [0.2, 0.25) is 35.4 Å². The molecule has 6 amide bonds. The molecule has 95 heavy (non-hydrogen) atoms. The first-order valence-electron chi connectivity index (χ1n) is 34.2. The van der Waals surface area contributed by atoms with Crippen LogP contribution in [0.1, 0.15) is 154 Å². The number of rotatable bonds is 75. The largest absolute Gasteiger partial charge is 0.481 e. The molecule has 0 heterocycles. The number of carboxylic acid groups (broad SMARTS) is 3. The maximum atomic E-state index is 12.5. The van der Waals surface area contributed by atoms with Crippen molar-refractivity contribution in [2.45, 2.75) is 154 Å². The molecular weight excluding hydrogens is 1250 g/mol. The van der Waals surface area contributed by atoms with Gasteiger partial charge in [0.25, 0.3) is 0 Å². The Bertz CT molecular complexity index is 1720. The second-order valence-corrected chi connectivity index (χ2v) is 22.5. The summed E-state index contributed by atoms with van der Waals surface area (Å²) in [6, 6.07) is 0. The number of aliphatic carboxylic acids is 3. The van der Waals surface area contributed by atoms with E-state index in [1.54, 1.807) is 0 Å². The summed E-state index contributed by atoms with van der Waals surface area (Å²) in [5.74, 6) is -3.31. The van der Waals surface area contributed by atoms with Crippen molar-refractivity contribution in [1.29, 1.82) is 0 Å². The number of amides is 6. The minimum absolute atomic E-state index is 0.0495. The van der Waals surface area contributed by atoms with Crippen LogP contribution in [0, 0.1) is 12.3 Å². The lowest BCUT2D eigenvalue weighted by Crippen LogP contribution is -2.36. The summed E-state index contributed by atoms with van der Waals surface area (Å²) in [6.45, 7) is 12.8. The van der Waals surface area contributed by atoms with Gasteiger partial charge in [0.05, 0.1) is 165 Å². The molecule has 0 rings (SSSR count). The molecule has 0 saturated heterocycles. The SMILES string of the molecule is [CH2+]C(COCCC(=O)NCCOCCOCCOCCC(=O)NCCCCCCCC(=O)O)(COCCC(=O)NCCOCCOCCOCCC(=O)NCCCCCCCC(=O)O)COCCC(=O)NCCOCCOCCOCCC(=O)NCCCCCCCC(=O)O. The number of nitrogens with one attached hydrogen (secondary N) is 6. The monoisotopic (exact) mass is 1370 g/mol. The van der Waals surface area contributed by atoms with Crippen LogP contribution in [0.4, 0.5) is 0 Å². The molecule has 0 aromatic carbocycles. The first-order chi connectivity index (χ1) is 46.1. The van der Waals surface area contributed by atoms with E-state index in [1.165, 1.54) is 0 Å². The van der Waals surface area contributed by atoms with E-state index in [2.05, 4.69) is 38.8 Å². The quantitative estimate of drug-likeness (QED) is 0.0311. The molecule has 552 valence electrons. The van der Waals surface area contributed by atoms with Gasteiger partial charge in [0.15, 0.2) is 5.41 Å². The summed E-state index contributed by atoms with van der Waals surface area (Å²) in [6.07, 6.45) is 14.3. The van der Waals surface area contributed by atoms with Crippen LogP contribution in [-0.2, 0) is 100.0 Å². The van der Waals surface area contributed by atoms with Crippen molar-refractivity contribution in [2.24, 2.45) is 5.41 Å². The fourth-order valence-corrected chi connectivity index (χ4v) is 8.40. The molecule has 0 aliphatic carbocycles. The third kappa shape index (κ3) is 71.2. The molecule has 0 aliphatic rings.